The van der Waals surface area contributed by atoms with Gasteiger partial charge in [-0.15, -0.1) is 0 Å². The van der Waals surface area contributed by atoms with Gasteiger partial charge in [0.2, 0.25) is 5.91 Å². The van der Waals surface area contributed by atoms with Gasteiger partial charge in [0.05, 0.1) is 17.1 Å². The number of amides is 1. The van der Waals surface area contributed by atoms with Crippen LogP contribution in [0.5, 0.6) is 0 Å². The second-order valence-corrected chi connectivity index (χ2v) is 8.18. The Kier molecular flexibility index (Phi) is 6.73. The second kappa shape index (κ2) is 9.25. The number of hydrogen-bond acceptors (Lipinski definition) is 2. The summed E-state index contributed by atoms with van der Waals surface area (Å²) in [6, 6.07) is 16.8. The van der Waals surface area contributed by atoms with Gasteiger partial charge in [0.15, 0.2) is 0 Å². The molecule has 0 spiro atoms. The van der Waals surface area contributed by atoms with E-state index in [2.05, 4.69) is 67.9 Å². The Labute approximate surface area is 174 Å². The fourth-order valence-corrected chi connectivity index (χ4v) is 3.84. The average molecular weight is 392 g/mol. The fourth-order valence-electron chi connectivity index (χ4n) is 3.84. The van der Waals surface area contributed by atoms with E-state index < -0.39 is 0 Å². The lowest BCUT2D eigenvalue weighted by atomic mass is 10.0. The van der Waals surface area contributed by atoms with Crippen molar-refractivity contribution in [3.63, 3.8) is 0 Å². The molecule has 4 heteroatoms. The molecule has 1 heterocycles. The first-order valence-corrected chi connectivity index (χ1v) is 10.8. The smallest absolute Gasteiger partial charge is 0.223 e. The summed E-state index contributed by atoms with van der Waals surface area (Å²) in [5.74, 6) is 1.59. The number of benzene rings is 2. The molecule has 29 heavy (non-hydrogen) atoms. The van der Waals surface area contributed by atoms with Gasteiger partial charge in [-0.25, -0.2) is 4.98 Å². The summed E-state index contributed by atoms with van der Waals surface area (Å²) in [5, 5.41) is 3.19. The van der Waals surface area contributed by atoms with E-state index in [1.807, 2.05) is 25.1 Å². The summed E-state index contributed by atoms with van der Waals surface area (Å²) in [4.78, 5) is 17.5. The maximum Gasteiger partial charge on any atom is 0.223 e. The van der Waals surface area contributed by atoms with E-state index in [9.17, 15) is 4.79 Å². The third-order valence-electron chi connectivity index (χ3n) is 5.77. The van der Waals surface area contributed by atoms with Crippen LogP contribution >= 0.6 is 0 Å². The lowest BCUT2D eigenvalue weighted by Gasteiger charge is -2.19. The summed E-state index contributed by atoms with van der Waals surface area (Å²) in [6.07, 6.45) is 1.71. The van der Waals surface area contributed by atoms with E-state index in [0.717, 1.165) is 36.2 Å². The van der Waals surface area contributed by atoms with Crippen LogP contribution in [0.2, 0.25) is 0 Å². The van der Waals surface area contributed by atoms with Gasteiger partial charge < -0.3 is 9.88 Å². The standard InChI is InChI=1S/C25H33N3O/c1-6-20(7-2)25(29)26-18(5)24-27-22-10-8-9-11-23(22)28(24)16-19-12-14-21(15-13-19)17(3)4/h8-15,17-18,20H,6-7,16H2,1-5H3,(H,26,29). The van der Waals surface area contributed by atoms with Crippen molar-refractivity contribution in [2.24, 2.45) is 5.92 Å². The van der Waals surface area contributed by atoms with Crippen LogP contribution in [0.25, 0.3) is 11.0 Å². The van der Waals surface area contributed by atoms with E-state index in [1.54, 1.807) is 0 Å². The van der Waals surface area contributed by atoms with Crippen molar-refractivity contribution in [2.45, 2.75) is 66.0 Å². The molecule has 0 saturated heterocycles. The number of hydrogen-bond donors (Lipinski definition) is 1. The third kappa shape index (κ3) is 4.69. The Hall–Kier alpha value is -2.62. The largest absolute Gasteiger partial charge is 0.346 e. The van der Waals surface area contributed by atoms with Gasteiger partial charge in [-0.1, -0.05) is 64.1 Å². The highest BCUT2D eigenvalue weighted by molar-refractivity contribution is 5.79. The van der Waals surface area contributed by atoms with Crippen LogP contribution in [0.3, 0.4) is 0 Å². The van der Waals surface area contributed by atoms with Crippen molar-refractivity contribution in [3.8, 4) is 0 Å². The highest BCUT2D eigenvalue weighted by Gasteiger charge is 2.21. The number of carbonyl (C=O) groups is 1. The number of nitrogens with one attached hydrogen (secondary N) is 1. The number of rotatable bonds is 8. The molecule has 1 aromatic heterocycles. The van der Waals surface area contributed by atoms with Crippen LogP contribution in [0.15, 0.2) is 48.5 Å². The Balaban J connectivity index is 1.92. The Morgan fingerprint density at radius 1 is 1.00 bits per heavy atom. The molecule has 0 saturated carbocycles. The van der Waals surface area contributed by atoms with Crippen LogP contribution in [-0.4, -0.2) is 15.5 Å². The molecule has 1 atom stereocenters. The van der Waals surface area contributed by atoms with Crippen molar-refractivity contribution in [2.75, 3.05) is 0 Å². The first-order chi connectivity index (χ1) is 13.9. The lowest BCUT2D eigenvalue weighted by Crippen LogP contribution is -2.33. The molecule has 1 unspecified atom stereocenters. The van der Waals surface area contributed by atoms with Crippen LogP contribution in [-0.2, 0) is 11.3 Å². The lowest BCUT2D eigenvalue weighted by molar-refractivity contribution is -0.125. The molecule has 0 radical (unpaired) electrons. The number of nitrogens with zero attached hydrogens (tertiary/aromatic N) is 2. The molecular formula is C25H33N3O. The Morgan fingerprint density at radius 2 is 1.66 bits per heavy atom. The summed E-state index contributed by atoms with van der Waals surface area (Å²) >= 11 is 0. The highest BCUT2D eigenvalue weighted by Crippen LogP contribution is 2.24. The molecule has 1 N–H and O–H groups in total. The molecule has 3 rings (SSSR count). The molecule has 0 fully saturated rings. The minimum absolute atomic E-state index is 0.0545. The van der Waals surface area contributed by atoms with E-state index in [4.69, 9.17) is 4.98 Å². The first kappa shape index (κ1) is 21.1. The van der Waals surface area contributed by atoms with Crippen LogP contribution in [0.4, 0.5) is 0 Å². The zero-order valence-corrected chi connectivity index (χ0v) is 18.3. The molecule has 0 bridgehead atoms. The van der Waals surface area contributed by atoms with Gasteiger partial charge in [0.1, 0.15) is 5.82 Å². The second-order valence-electron chi connectivity index (χ2n) is 8.18. The van der Waals surface area contributed by atoms with E-state index in [1.165, 1.54) is 11.1 Å². The molecule has 2 aromatic carbocycles. The van der Waals surface area contributed by atoms with E-state index >= 15 is 0 Å². The third-order valence-corrected chi connectivity index (χ3v) is 5.77. The van der Waals surface area contributed by atoms with E-state index in [0.29, 0.717) is 5.92 Å². The Bertz CT molecular complexity index is 952. The summed E-state index contributed by atoms with van der Waals surface area (Å²) in [7, 11) is 0. The number of para-hydroxylation sites is 2. The van der Waals surface area contributed by atoms with Crippen molar-refractivity contribution < 1.29 is 4.79 Å². The van der Waals surface area contributed by atoms with Crippen LogP contribution in [0.1, 0.15) is 76.4 Å². The van der Waals surface area contributed by atoms with Crippen LogP contribution < -0.4 is 5.32 Å². The monoisotopic (exact) mass is 391 g/mol. The zero-order valence-electron chi connectivity index (χ0n) is 18.3. The van der Waals surface area contributed by atoms with Crippen LogP contribution in [0, 0.1) is 5.92 Å². The predicted octanol–water partition coefficient (Wildman–Crippen LogP) is 5.82. The van der Waals surface area contributed by atoms with Crippen molar-refractivity contribution >= 4 is 16.9 Å². The highest BCUT2D eigenvalue weighted by atomic mass is 16.1. The topological polar surface area (TPSA) is 46.9 Å². The molecule has 0 aliphatic heterocycles. The summed E-state index contributed by atoms with van der Waals surface area (Å²) in [6.45, 7) is 11.3. The van der Waals surface area contributed by atoms with Crippen molar-refractivity contribution in [1.82, 2.24) is 14.9 Å². The number of aromatic nitrogens is 2. The number of fused-ring (bicyclic) bond motifs is 1. The predicted molar refractivity (Wildman–Crippen MR) is 120 cm³/mol. The maximum atomic E-state index is 12.6. The normalized spacial score (nSPS) is 12.7. The average Bonchev–Trinajstić information content (AvgIpc) is 3.08. The molecule has 154 valence electrons. The molecule has 0 aliphatic carbocycles. The molecule has 3 aromatic rings. The van der Waals surface area contributed by atoms with Crippen molar-refractivity contribution in [1.29, 1.82) is 0 Å². The molecule has 1 amide bonds. The van der Waals surface area contributed by atoms with Crippen molar-refractivity contribution in [3.05, 3.63) is 65.5 Å². The summed E-state index contributed by atoms with van der Waals surface area (Å²) < 4.78 is 2.23. The number of imidazole rings is 1. The van der Waals surface area contributed by atoms with Gasteiger partial charge >= 0.3 is 0 Å². The van der Waals surface area contributed by atoms with Gasteiger partial charge in [-0.2, -0.15) is 0 Å². The molecular weight excluding hydrogens is 358 g/mol. The minimum atomic E-state index is -0.148. The maximum absolute atomic E-state index is 12.6. The first-order valence-electron chi connectivity index (χ1n) is 10.8. The zero-order chi connectivity index (χ0) is 21.0. The summed E-state index contributed by atoms with van der Waals surface area (Å²) in [5.41, 5.74) is 4.64. The quantitative estimate of drug-likeness (QED) is 0.526. The van der Waals surface area contributed by atoms with Gasteiger partial charge in [0, 0.05) is 12.5 Å². The Morgan fingerprint density at radius 3 is 2.28 bits per heavy atom. The number of carbonyl (C=O) groups excluding carboxylic acids is 1. The minimum Gasteiger partial charge on any atom is -0.346 e. The van der Waals surface area contributed by atoms with Gasteiger partial charge in [-0.05, 0) is 48.9 Å². The SMILES string of the molecule is CCC(CC)C(=O)NC(C)c1nc2ccccc2n1Cc1ccc(C(C)C)cc1. The van der Waals surface area contributed by atoms with E-state index in [-0.39, 0.29) is 17.9 Å². The fraction of sp³-hybridized carbons (Fsp3) is 0.440. The van der Waals surface area contributed by atoms with Gasteiger partial charge in [0.25, 0.3) is 0 Å². The van der Waals surface area contributed by atoms with Gasteiger partial charge in [-0.3, -0.25) is 4.79 Å². The molecule has 0 aliphatic rings. The molecule has 4 nitrogen and oxygen atoms in total.